The summed E-state index contributed by atoms with van der Waals surface area (Å²) in [5.74, 6) is -1.06. The van der Waals surface area contributed by atoms with Crippen LogP contribution >= 0.6 is 0 Å². The summed E-state index contributed by atoms with van der Waals surface area (Å²) in [6.07, 6.45) is 7.96. The van der Waals surface area contributed by atoms with Crippen molar-refractivity contribution >= 4 is 16.0 Å². The topological polar surface area (TPSA) is 83.5 Å². The second kappa shape index (κ2) is 7.87. The number of carboxylic acids is 1. The molecule has 0 aliphatic heterocycles. The minimum atomic E-state index is -3.81. The Morgan fingerprint density at radius 2 is 2.04 bits per heavy atom. The third kappa shape index (κ3) is 4.72. The van der Waals surface area contributed by atoms with E-state index in [1.807, 2.05) is 19.1 Å². The van der Waals surface area contributed by atoms with Gasteiger partial charge in [-0.2, -0.15) is 0 Å². The smallest absolute Gasteiger partial charge is 0.335 e. The molecule has 0 aromatic heterocycles. The van der Waals surface area contributed by atoms with Crippen molar-refractivity contribution in [2.45, 2.75) is 51.3 Å². The predicted octanol–water partition coefficient (Wildman–Crippen LogP) is 4.01. The predicted molar refractivity (Wildman–Crippen MR) is 97.9 cm³/mol. The second-order valence-corrected chi connectivity index (χ2v) is 8.23. The van der Waals surface area contributed by atoms with Crippen LogP contribution in [0.4, 0.5) is 0 Å². The largest absolute Gasteiger partial charge is 0.478 e. The summed E-state index contributed by atoms with van der Waals surface area (Å²) in [6.45, 7) is 5.78. The molecule has 0 radical (unpaired) electrons. The van der Waals surface area contributed by atoms with Crippen LogP contribution in [0.1, 0.15) is 55.5 Å². The van der Waals surface area contributed by atoms with E-state index in [9.17, 15) is 18.3 Å². The van der Waals surface area contributed by atoms with E-state index < -0.39 is 16.0 Å². The average molecular weight is 363 g/mol. The summed E-state index contributed by atoms with van der Waals surface area (Å²) in [7, 11) is -3.81. The van der Waals surface area contributed by atoms with Crippen LogP contribution in [0.5, 0.6) is 0 Å². The maximum atomic E-state index is 12.6. The van der Waals surface area contributed by atoms with Crippen LogP contribution in [0.15, 0.2) is 46.5 Å². The minimum Gasteiger partial charge on any atom is -0.478 e. The molecule has 1 aromatic carbocycles. The molecule has 1 aromatic rings. The molecule has 2 N–H and O–H groups in total. The number of aromatic carboxylic acids is 1. The van der Waals surface area contributed by atoms with Crippen LogP contribution in [-0.4, -0.2) is 19.5 Å². The molecule has 1 aliphatic rings. The third-order valence-electron chi connectivity index (χ3n) is 4.45. The SMILES string of the molecule is CCCCC1=CC=C(NS(=O)(=O)c2ccc(C)c(C(=O)O)c2)C(C)C1. The van der Waals surface area contributed by atoms with Crippen LogP contribution in [0.25, 0.3) is 0 Å². The van der Waals surface area contributed by atoms with Gasteiger partial charge in [-0.05, 0) is 50.0 Å². The Morgan fingerprint density at radius 1 is 1.32 bits per heavy atom. The van der Waals surface area contributed by atoms with E-state index in [0.717, 1.165) is 25.7 Å². The van der Waals surface area contributed by atoms with Crippen molar-refractivity contribution in [3.05, 3.63) is 52.7 Å². The number of rotatable bonds is 7. The quantitative estimate of drug-likeness (QED) is 0.766. The van der Waals surface area contributed by atoms with Gasteiger partial charge in [-0.1, -0.05) is 38.0 Å². The fourth-order valence-electron chi connectivity index (χ4n) is 2.88. The molecule has 6 heteroatoms. The molecule has 0 heterocycles. The van der Waals surface area contributed by atoms with Crippen molar-refractivity contribution in [2.24, 2.45) is 5.92 Å². The highest BCUT2D eigenvalue weighted by molar-refractivity contribution is 7.89. The number of sulfonamides is 1. The zero-order valence-corrected chi connectivity index (χ0v) is 15.7. The van der Waals surface area contributed by atoms with Crippen LogP contribution in [0.3, 0.4) is 0 Å². The van der Waals surface area contributed by atoms with E-state index in [1.54, 1.807) is 6.92 Å². The van der Waals surface area contributed by atoms with Gasteiger partial charge in [0.15, 0.2) is 0 Å². The highest BCUT2D eigenvalue weighted by Crippen LogP contribution is 2.27. The van der Waals surface area contributed by atoms with Gasteiger partial charge in [0.25, 0.3) is 10.0 Å². The number of nitrogens with one attached hydrogen (secondary N) is 1. The molecule has 0 bridgehead atoms. The van der Waals surface area contributed by atoms with Gasteiger partial charge in [0, 0.05) is 11.6 Å². The number of aryl methyl sites for hydroxylation is 1. The first-order chi connectivity index (χ1) is 11.7. The summed E-state index contributed by atoms with van der Waals surface area (Å²) in [5, 5.41) is 9.18. The van der Waals surface area contributed by atoms with Gasteiger partial charge in [0.05, 0.1) is 10.5 Å². The van der Waals surface area contributed by atoms with Gasteiger partial charge in [0.2, 0.25) is 0 Å². The standard InChI is InChI=1S/C19H25NO4S/c1-4-5-6-15-8-10-18(14(3)11-15)20-25(23,24)16-9-7-13(2)17(12-16)19(21)22/h7-10,12,14,20H,4-6,11H2,1-3H3,(H,21,22). The molecule has 25 heavy (non-hydrogen) atoms. The molecule has 2 rings (SSSR count). The van der Waals surface area contributed by atoms with Crippen molar-refractivity contribution in [3.8, 4) is 0 Å². The fraction of sp³-hybridized carbons (Fsp3) is 0.421. The Morgan fingerprint density at radius 3 is 2.64 bits per heavy atom. The van der Waals surface area contributed by atoms with E-state index in [1.165, 1.54) is 23.8 Å². The first kappa shape index (κ1) is 19.2. The molecule has 0 saturated carbocycles. The Kier molecular flexibility index (Phi) is 6.06. The minimum absolute atomic E-state index is 0.00436. The van der Waals surface area contributed by atoms with Gasteiger partial charge >= 0.3 is 5.97 Å². The number of carboxylic acid groups (broad SMARTS) is 1. The van der Waals surface area contributed by atoms with E-state index in [0.29, 0.717) is 11.3 Å². The van der Waals surface area contributed by atoms with Crippen LogP contribution in [0, 0.1) is 12.8 Å². The van der Waals surface area contributed by atoms with Gasteiger partial charge < -0.3 is 5.11 Å². The summed E-state index contributed by atoms with van der Waals surface area (Å²) >= 11 is 0. The fourth-order valence-corrected chi connectivity index (χ4v) is 4.10. The molecule has 5 nitrogen and oxygen atoms in total. The lowest BCUT2D eigenvalue weighted by Gasteiger charge is -2.23. The van der Waals surface area contributed by atoms with E-state index in [4.69, 9.17) is 0 Å². The summed E-state index contributed by atoms with van der Waals surface area (Å²) in [5.41, 5.74) is 2.49. The lowest BCUT2D eigenvalue weighted by Crippen LogP contribution is -2.28. The summed E-state index contributed by atoms with van der Waals surface area (Å²) < 4.78 is 27.9. The maximum Gasteiger partial charge on any atom is 0.335 e. The van der Waals surface area contributed by atoms with Crippen molar-refractivity contribution < 1.29 is 18.3 Å². The molecule has 1 unspecified atom stereocenters. The zero-order chi connectivity index (χ0) is 18.6. The average Bonchev–Trinajstić information content (AvgIpc) is 2.55. The van der Waals surface area contributed by atoms with Gasteiger partial charge in [-0.15, -0.1) is 0 Å². The van der Waals surface area contributed by atoms with Crippen LogP contribution in [0.2, 0.25) is 0 Å². The van der Waals surface area contributed by atoms with Crippen LogP contribution < -0.4 is 4.72 Å². The monoisotopic (exact) mass is 363 g/mol. The highest BCUT2D eigenvalue weighted by atomic mass is 32.2. The van der Waals surface area contributed by atoms with Gasteiger partial charge in [-0.3, -0.25) is 4.72 Å². The third-order valence-corrected chi connectivity index (χ3v) is 5.83. The lowest BCUT2D eigenvalue weighted by atomic mass is 9.90. The van der Waals surface area contributed by atoms with Crippen molar-refractivity contribution in [1.82, 2.24) is 4.72 Å². The number of carbonyl (C=O) groups is 1. The Balaban J connectivity index is 2.24. The van der Waals surface area contributed by atoms with Gasteiger partial charge in [0.1, 0.15) is 0 Å². The molecule has 0 saturated heterocycles. The highest BCUT2D eigenvalue weighted by Gasteiger charge is 2.22. The number of unbranched alkanes of at least 4 members (excludes halogenated alkanes) is 1. The number of hydrogen-bond donors (Lipinski definition) is 2. The lowest BCUT2D eigenvalue weighted by molar-refractivity contribution is 0.0696. The molecule has 0 fully saturated rings. The molecule has 0 amide bonds. The molecule has 0 spiro atoms. The Hall–Kier alpha value is -2.08. The first-order valence-corrected chi connectivity index (χ1v) is 9.99. The molecule has 136 valence electrons. The zero-order valence-electron chi connectivity index (χ0n) is 14.9. The summed E-state index contributed by atoms with van der Waals surface area (Å²) in [6, 6.07) is 4.15. The van der Waals surface area contributed by atoms with E-state index in [2.05, 4.69) is 11.6 Å². The van der Waals surface area contributed by atoms with E-state index in [-0.39, 0.29) is 16.4 Å². The Bertz CT molecular complexity index is 822. The summed E-state index contributed by atoms with van der Waals surface area (Å²) in [4.78, 5) is 11.2. The molecular weight excluding hydrogens is 338 g/mol. The van der Waals surface area contributed by atoms with Crippen molar-refractivity contribution in [2.75, 3.05) is 0 Å². The first-order valence-electron chi connectivity index (χ1n) is 8.51. The number of allylic oxidation sites excluding steroid dienone is 4. The maximum absolute atomic E-state index is 12.6. The normalized spacial score (nSPS) is 17.6. The molecule has 1 atom stereocenters. The van der Waals surface area contributed by atoms with Crippen molar-refractivity contribution in [1.29, 1.82) is 0 Å². The van der Waals surface area contributed by atoms with Gasteiger partial charge in [-0.25, -0.2) is 13.2 Å². The Labute approximate surface area is 149 Å². The van der Waals surface area contributed by atoms with E-state index >= 15 is 0 Å². The number of benzene rings is 1. The number of hydrogen-bond acceptors (Lipinski definition) is 3. The second-order valence-electron chi connectivity index (χ2n) is 6.54. The van der Waals surface area contributed by atoms with Crippen molar-refractivity contribution in [3.63, 3.8) is 0 Å². The molecule has 1 aliphatic carbocycles. The molecular formula is C19H25NO4S. The van der Waals surface area contributed by atoms with Crippen LogP contribution in [-0.2, 0) is 10.0 Å².